The molecule has 0 aliphatic heterocycles. The Hall–Kier alpha value is -1.03. The Morgan fingerprint density at radius 1 is 1.44 bits per heavy atom. The third-order valence-corrected chi connectivity index (χ3v) is 3.45. The van der Waals surface area contributed by atoms with E-state index in [9.17, 15) is 9.90 Å². The molecule has 0 heterocycles. The number of amides is 2. The Kier molecular flexibility index (Phi) is 6.80. The Morgan fingerprint density at radius 3 is 2.72 bits per heavy atom. The SMILES string of the molecule is C=CCCCC(C)NC(=O)NC1CCC(O)CC1. The molecule has 0 spiro atoms. The van der Waals surface area contributed by atoms with Gasteiger partial charge in [0.05, 0.1) is 6.10 Å². The van der Waals surface area contributed by atoms with Gasteiger partial charge in [-0.15, -0.1) is 6.58 Å². The number of rotatable bonds is 6. The molecule has 4 heteroatoms. The molecular formula is C14H26N2O2. The van der Waals surface area contributed by atoms with Crippen LogP contribution in [0, 0.1) is 0 Å². The lowest BCUT2D eigenvalue weighted by molar-refractivity contribution is 0.117. The van der Waals surface area contributed by atoms with Crippen molar-refractivity contribution in [2.75, 3.05) is 0 Å². The molecule has 0 aromatic heterocycles. The van der Waals surface area contributed by atoms with Gasteiger partial charge >= 0.3 is 6.03 Å². The first kappa shape index (κ1) is 15.0. The van der Waals surface area contributed by atoms with Crippen LogP contribution in [0.25, 0.3) is 0 Å². The zero-order chi connectivity index (χ0) is 13.4. The summed E-state index contributed by atoms with van der Waals surface area (Å²) in [5.74, 6) is 0. The third kappa shape index (κ3) is 6.05. The molecule has 18 heavy (non-hydrogen) atoms. The summed E-state index contributed by atoms with van der Waals surface area (Å²) in [6, 6.07) is 0.329. The number of hydrogen-bond donors (Lipinski definition) is 3. The van der Waals surface area contributed by atoms with E-state index in [2.05, 4.69) is 17.2 Å². The molecule has 1 aliphatic rings. The minimum absolute atomic E-state index is 0.0810. The average molecular weight is 254 g/mol. The second-order valence-electron chi connectivity index (χ2n) is 5.24. The number of allylic oxidation sites excluding steroid dienone is 1. The van der Waals surface area contributed by atoms with Crippen molar-refractivity contribution in [1.82, 2.24) is 10.6 Å². The number of hydrogen-bond acceptors (Lipinski definition) is 2. The molecule has 0 bridgehead atoms. The minimum Gasteiger partial charge on any atom is -0.393 e. The maximum Gasteiger partial charge on any atom is 0.315 e. The Labute approximate surface area is 110 Å². The summed E-state index contributed by atoms with van der Waals surface area (Å²) in [4.78, 5) is 11.7. The van der Waals surface area contributed by atoms with E-state index in [4.69, 9.17) is 0 Å². The molecular weight excluding hydrogens is 228 g/mol. The van der Waals surface area contributed by atoms with Crippen molar-refractivity contribution in [2.45, 2.75) is 70.1 Å². The van der Waals surface area contributed by atoms with Crippen LogP contribution in [0.1, 0.15) is 51.9 Å². The highest BCUT2D eigenvalue weighted by molar-refractivity contribution is 5.74. The summed E-state index contributed by atoms with van der Waals surface area (Å²) < 4.78 is 0. The lowest BCUT2D eigenvalue weighted by atomic mass is 9.93. The van der Waals surface area contributed by atoms with E-state index in [0.29, 0.717) is 0 Å². The molecule has 0 aromatic rings. The predicted octanol–water partition coefficient (Wildman–Crippen LogP) is 2.33. The molecule has 0 radical (unpaired) electrons. The highest BCUT2D eigenvalue weighted by Gasteiger charge is 2.20. The van der Waals surface area contributed by atoms with Crippen LogP contribution >= 0.6 is 0 Å². The standard InChI is InChI=1S/C14H26N2O2/c1-3-4-5-6-11(2)15-14(18)16-12-7-9-13(17)10-8-12/h3,11-13,17H,1,4-10H2,2H3,(H2,15,16,18). The van der Waals surface area contributed by atoms with Crippen LogP contribution in [0.5, 0.6) is 0 Å². The van der Waals surface area contributed by atoms with E-state index in [1.807, 2.05) is 13.0 Å². The van der Waals surface area contributed by atoms with Gasteiger partial charge in [-0.3, -0.25) is 0 Å². The summed E-state index contributed by atoms with van der Waals surface area (Å²) in [5, 5.41) is 15.3. The van der Waals surface area contributed by atoms with E-state index in [1.54, 1.807) is 0 Å². The molecule has 1 fully saturated rings. The normalized spacial score (nSPS) is 25.2. The Balaban J connectivity index is 2.14. The van der Waals surface area contributed by atoms with Crippen LogP contribution in [0.4, 0.5) is 4.79 Å². The van der Waals surface area contributed by atoms with Crippen molar-refractivity contribution in [3.8, 4) is 0 Å². The molecule has 1 saturated carbocycles. The maximum atomic E-state index is 11.7. The Morgan fingerprint density at radius 2 is 2.11 bits per heavy atom. The topological polar surface area (TPSA) is 61.4 Å². The van der Waals surface area contributed by atoms with Crippen LogP contribution in [0.3, 0.4) is 0 Å². The van der Waals surface area contributed by atoms with Crippen LogP contribution in [-0.2, 0) is 0 Å². The summed E-state index contributed by atoms with van der Waals surface area (Å²) in [6.45, 7) is 5.70. The van der Waals surface area contributed by atoms with Gasteiger partial charge in [-0.2, -0.15) is 0 Å². The van der Waals surface area contributed by atoms with Gasteiger partial charge in [0.2, 0.25) is 0 Å². The van der Waals surface area contributed by atoms with Crippen LogP contribution < -0.4 is 10.6 Å². The van der Waals surface area contributed by atoms with Gasteiger partial charge in [0.1, 0.15) is 0 Å². The van der Waals surface area contributed by atoms with E-state index in [1.165, 1.54) is 0 Å². The van der Waals surface area contributed by atoms with Crippen molar-refractivity contribution in [3.05, 3.63) is 12.7 Å². The first-order valence-corrected chi connectivity index (χ1v) is 6.97. The number of nitrogens with one attached hydrogen (secondary N) is 2. The van der Waals surface area contributed by atoms with Gasteiger partial charge in [0.15, 0.2) is 0 Å². The summed E-state index contributed by atoms with van der Waals surface area (Å²) in [6.07, 6.45) is 8.08. The number of carbonyl (C=O) groups excluding carboxylic acids is 1. The van der Waals surface area contributed by atoms with Crippen molar-refractivity contribution in [2.24, 2.45) is 0 Å². The van der Waals surface area contributed by atoms with Crippen molar-refractivity contribution in [1.29, 1.82) is 0 Å². The average Bonchev–Trinajstić information content (AvgIpc) is 2.32. The number of urea groups is 1. The van der Waals surface area contributed by atoms with Gasteiger partial charge in [0, 0.05) is 12.1 Å². The smallest absolute Gasteiger partial charge is 0.315 e. The maximum absolute atomic E-state index is 11.7. The summed E-state index contributed by atoms with van der Waals surface area (Å²) >= 11 is 0. The van der Waals surface area contributed by atoms with Crippen LogP contribution in [0.2, 0.25) is 0 Å². The quantitative estimate of drug-likeness (QED) is 0.503. The zero-order valence-corrected chi connectivity index (χ0v) is 11.3. The number of aliphatic hydroxyl groups is 1. The summed E-state index contributed by atoms with van der Waals surface area (Å²) in [5.41, 5.74) is 0. The molecule has 4 nitrogen and oxygen atoms in total. The van der Waals surface area contributed by atoms with Crippen molar-refractivity contribution < 1.29 is 9.90 Å². The molecule has 2 amide bonds. The highest BCUT2D eigenvalue weighted by atomic mass is 16.3. The number of aliphatic hydroxyl groups excluding tert-OH is 1. The lowest BCUT2D eigenvalue weighted by Gasteiger charge is -2.27. The minimum atomic E-state index is -0.177. The van der Waals surface area contributed by atoms with Crippen LogP contribution in [-0.4, -0.2) is 29.3 Å². The lowest BCUT2D eigenvalue weighted by Crippen LogP contribution is -2.46. The van der Waals surface area contributed by atoms with E-state index in [0.717, 1.165) is 44.9 Å². The third-order valence-electron chi connectivity index (χ3n) is 3.45. The van der Waals surface area contributed by atoms with Gasteiger partial charge in [-0.1, -0.05) is 6.08 Å². The predicted molar refractivity (Wildman–Crippen MR) is 73.4 cm³/mol. The number of unbranched alkanes of at least 4 members (excludes halogenated alkanes) is 1. The number of carbonyl (C=O) groups is 1. The fourth-order valence-corrected chi connectivity index (χ4v) is 2.31. The van der Waals surface area contributed by atoms with E-state index >= 15 is 0 Å². The fourth-order valence-electron chi connectivity index (χ4n) is 2.31. The van der Waals surface area contributed by atoms with Gasteiger partial charge in [-0.25, -0.2) is 4.79 Å². The second-order valence-corrected chi connectivity index (χ2v) is 5.24. The van der Waals surface area contributed by atoms with Gasteiger partial charge in [-0.05, 0) is 51.9 Å². The monoisotopic (exact) mass is 254 g/mol. The molecule has 1 atom stereocenters. The van der Waals surface area contributed by atoms with Gasteiger partial charge < -0.3 is 15.7 Å². The zero-order valence-electron chi connectivity index (χ0n) is 11.3. The largest absolute Gasteiger partial charge is 0.393 e. The summed E-state index contributed by atoms with van der Waals surface area (Å²) in [7, 11) is 0. The molecule has 1 aliphatic carbocycles. The van der Waals surface area contributed by atoms with Crippen molar-refractivity contribution >= 4 is 6.03 Å². The molecule has 1 unspecified atom stereocenters. The first-order chi connectivity index (χ1) is 8.61. The molecule has 3 N–H and O–H groups in total. The molecule has 0 aromatic carbocycles. The Bertz CT molecular complexity index is 261. The second kappa shape index (κ2) is 8.14. The van der Waals surface area contributed by atoms with E-state index < -0.39 is 0 Å². The molecule has 1 rings (SSSR count). The molecule has 104 valence electrons. The highest BCUT2D eigenvalue weighted by Crippen LogP contribution is 2.18. The van der Waals surface area contributed by atoms with Crippen LogP contribution in [0.15, 0.2) is 12.7 Å². The van der Waals surface area contributed by atoms with Gasteiger partial charge in [0.25, 0.3) is 0 Å². The first-order valence-electron chi connectivity index (χ1n) is 6.97. The fraction of sp³-hybridized carbons (Fsp3) is 0.786. The molecule has 0 saturated heterocycles. The van der Waals surface area contributed by atoms with E-state index in [-0.39, 0.29) is 24.2 Å². The van der Waals surface area contributed by atoms with Crippen molar-refractivity contribution in [3.63, 3.8) is 0 Å².